The SMILES string of the molecule is CC(NC(N)=O)C(=O)N[C@@H]1CCCC[C@H]1O. The lowest BCUT2D eigenvalue weighted by atomic mass is 9.92. The average Bonchev–Trinajstić information content (AvgIpc) is 2.20. The second-order valence-corrected chi connectivity index (χ2v) is 4.20. The molecular weight excluding hydrogens is 210 g/mol. The molecule has 1 rings (SSSR count). The minimum absolute atomic E-state index is 0.210. The Morgan fingerprint density at radius 1 is 1.38 bits per heavy atom. The summed E-state index contributed by atoms with van der Waals surface area (Å²) in [5.74, 6) is -0.315. The monoisotopic (exact) mass is 229 g/mol. The highest BCUT2D eigenvalue weighted by Crippen LogP contribution is 2.18. The van der Waals surface area contributed by atoms with Crippen LogP contribution in [0.5, 0.6) is 0 Å². The van der Waals surface area contributed by atoms with Gasteiger partial charge in [-0.25, -0.2) is 4.79 Å². The summed E-state index contributed by atoms with van der Waals surface area (Å²) in [6.45, 7) is 1.55. The Hall–Kier alpha value is -1.30. The van der Waals surface area contributed by atoms with Crippen molar-refractivity contribution in [2.75, 3.05) is 0 Å². The summed E-state index contributed by atoms with van der Waals surface area (Å²) in [4.78, 5) is 22.2. The molecule has 5 N–H and O–H groups in total. The van der Waals surface area contributed by atoms with Crippen LogP contribution in [0.4, 0.5) is 4.79 Å². The number of nitrogens with one attached hydrogen (secondary N) is 2. The van der Waals surface area contributed by atoms with Crippen molar-refractivity contribution in [3.8, 4) is 0 Å². The number of hydrogen-bond acceptors (Lipinski definition) is 3. The third-order valence-electron chi connectivity index (χ3n) is 2.81. The smallest absolute Gasteiger partial charge is 0.312 e. The first-order chi connectivity index (χ1) is 7.50. The molecule has 16 heavy (non-hydrogen) atoms. The lowest BCUT2D eigenvalue weighted by Crippen LogP contribution is -2.52. The summed E-state index contributed by atoms with van der Waals surface area (Å²) in [5.41, 5.74) is 4.91. The number of urea groups is 1. The van der Waals surface area contributed by atoms with Crippen molar-refractivity contribution in [1.82, 2.24) is 10.6 Å². The van der Waals surface area contributed by atoms with Crippen LogP contribution in [0, 0.1) is 0 Å². The van der Waals surface area contributed by atoms with Gasteiger partial charge in [0.2, 0.25) is 5.91 Å². The van der Waals surface area contributed by atoms with E-state index >= 15 is 0 Å². The van der Waals surface area contributed by atoms with Crippen LogP contribution >= 0.6 is 0 Å². The molecule has 1 aliphatic carbocycles. The molecule has 0 aliphatic heterocycles. The van der Waals surface area contributed by atoms with E-state index in [-0.39, 0.29) is 11.9 Å². The number of aliphatic hydroxyl groups is 1. The largest absolute Gasteiger partial charge is 0.391 e. The second-order valence-electron chi connectivity index (χ2n) is 4.20. The van der Waals surface area contributed by atoms with Crippen LogP contribution in [-0.4, -0.2) is 35.2 Å². The third-order valence-corrected chi connectivity index (χ3v) is 2.81. The minimum atomic E-state index is -0.730. The first kappa shape index (κ1) is 12.8. The first-order valence-corrected chi connectivity index (χ1v) is 5.55. The quantitative estimate of drug-likeness (QED) is 0.522. The van der Waals surface area contributed by atoms with Gasteiger partial charge in [-0.2, -0.15) is 0 Å². The third kappa shape index (κ3) is 3.69. The molecule has 0 heterocycles. The van der Waals surface area contributed by atoms with E-state index < -0.39 is 18.2 Å². The minimum Gasteiger partial charge on any atom is -0.391 e. The van der Waals surface area contributed by atoms with Crippen LogP contribution in [0.2, 0.25) is 0 Å². The number of nitrogens with two attached hydrogens (primary N) is 1. The molecule has 1 aliphatic rings. The zero-order valence-electron chi connectivity index (χ0n) is 9.40. The highest BCUT2D eigenvalue weighted by atomic mass is 16.3. The van der Waals surface area contributed by atoms with E-state index in [9.17, 15) is 14.7 Å². The van der Waals surface area contributed by atoms with E-state index in [1.807, 2.05) is 0 Å². The Labute approximate surface area is 94.6 Å². The van der Waals surface area contributed by atoms with Gasteiger partial charge in [-0.3, -0.25) is 4.79 Å². The summed E-state index contributed by atoms with van der Waals surface area (Å²) in [5, 5.41) is 14.7. The van der Waals surface area contributed by atoms with E-state index in [1.54, 1.807) is 6.92 Å². The van der Waals surface area contributed by atoms with E-state index in [0.717, 1.165) is 19.3 Å². The van der Waals surface area contributed by atoms with Gasteiger partial charge in [-0.05, 0) is 19.8 Å². The van der Waals surface area contributed by atoms with Crippen LogP contribution in [0.15, 0.2) is 0 Å². The van der Waals surface area contributed by atoms with Gasteiger partial charge >= 0.3 is 6.03 Å². The molecule has 0 aromatic heterocycles. The zero-order valence-corrected chi connectivity index (χ0v) is 9.40. The van der Waals surface area contributed by atoms with Crippen LogP contribution in [0.3, 0.4) is 0 Å². The van der Waals surface area contributed by atoms with Gasteiger partial charge in [0.15, 0.2) is 0 Å². The topological polar surface area (TPSA) is 104 Å². The molecule has 0 bridgehead atoms. The maximum Gasteiger partial charge on any atom is 0.312 e. The summed E-state index contributed by atoms with van der Waals surface area (Å²) in [6, 6.07) is -1.61. The molecule has 0 spiro atoms. The van der Waals surface area contributed by atoms with Crippen LogP contribution < -0.4 is 16.4 Å². The van der Waals surface area contributed by atoms with Gasteiger partial charge in [0.25, 0.3) is 0 Å². The molecule has 92 valence electrons. The molecule has 3 amide bonds. The summed E-state index contributed by atoms with van der Waals surface area (Å²) in [6.07, 6.45) is 2.99. The standard InChI is InChI=1S/C10H19N3O3/c1-6(12-10(11)16)9(15)13-7-4-2-3-5-8(7)14/h6-8,14H,2-5H2,1H3,(H,13,15)(H3,11,12,16)/t6?,7-,8-/m1/s1. The molecular formula is C10H19N3O3. The van der Waals surface area contributed by atoms with Gasteiger partial charge in [-0.1, -0.05) is 12.8 Å². The highest BCUT2D eigenvalue weighted by molar-refractivity contribution is 5.86. The van der Waals surface area contributed by atoms with Crippen molar-refractivity contribution in [3.63, 3.8) is 0 Å². The number of hydrogen-bond donors (Lipinski definition) is 4. The Balaban J connectivity index is 2.40. The summed E-state index contributed by atoms with van der Waals surface area (Å²) in [7, 11) is 0. The average molecular weight is 229 g/mol. The summed E-state index contributed by atoms with van der Waals surface area (Å²) >= 11 is 0. The summed E-state index contributed by atoms with van der Waals surface area (Å²) < 4.78 is 0. The van der Waals surface area contributed by atoms with E-state index in [2.05, 4.69) is 10.6 Å². The van der Waals surface area contributed by atoms with E-state index in [1.165, 1.54) is 0 Å². The molecule has 0 aromatic rings. The van der Waals surface area contributed by atoms with E-state index in [4.69, 9.17) is 5.73 Å². The number of aliphatic hydroxyl groups excluding tert-OH is 1. The van der Waals surface area contributed by atoms with Crippen LogP contribution in [0.1, 0.15) is 32.6 Å². The maximum absolute atomic E-state index is 11.6. The first-order valence-electron chi connectivity index (χ1n) is 5.55. The van der Waals surface area contributed by atoms with Crippen molar-refractivity contribution in [2.24, 2.45) is 5.73 Å². The van der Waals surface area contributed by atoms with Gasteiger partial charge in [0, 0.05) is 0 Å². The Bertz CT molecular complexity index is 270. The van der Waals surface area contributed by atoms with Crippen molar-refractivity contribution in [1.29, 1.82) is 0 Å². The van der Waals surface area contributed by atoms with Crippen molar-refractivity contribution in [2.45, 2.75) is 50.8 Å². The van der Waals surface area contributed by atoms with Gasteiger partial charge in [0.05, 0.1) is 12.1 Å². The second kappa shape index (κ2) is 5.69. The molecule has 6 nitrogen and oxygen atoms in total. The van der Waals surface area contributed by atoms with Gasteiger partial charge < -0.3 is 21.5 Å². The van der Waals surface area contributed by atoms with E-state index in [0.29, 0.717) is 6.42 Å². The molecule has 6 heteroatoms. The number of rotatable bonds is 3. The fraction of sp³-hybridized carbons (Fsp3) is 0.800. The predicted octanol–water partition coefficient (Wildman–Crippen LogP) is -0.537. The normalized spacial score (nSPS) is 26.9. The number of carbonyl (C=O) groups excluding carboxylic acids is 2. The van der Waals surface area contributed by atoms with Crippen molar-refractivity contribution in [3.05, 3.63) is 0 Å². The van der Waals surface area contributed by atoms with Crippen LogP contribution in [-0.2, 0) is 4.79 Å². The molecule has 0 saturated heterocycles. The molecule has 1 saturated carbocycles. The lowest BCUT2D eigenvalue weighted by Gasteiger charge is -2.29. The zero-order chi connectivity index (χ0) is 12.1. The highest BCUT2D eigenvalue weighted by Gasteiger charge is 2.26. The lowest BCUT2D eigenvalue weighted by molar-refractivity contribution is -0.124. The maximum atomic E-state index is 11.6. The molecule has 0 radical (unpaired) electrons. The predicted molar refractivity (Wildman–Crippen MR) is 58.6 cm³/mol. The molecule has 3 atom stereocenters. The van der Waals surface area contributed by atoms with Gasteiger partial charge in [-0.15, -0.1) is 0 Å². The Kier molecular flexibility index (Phi) is 4.54. The molecule has 1 unspecified atom stereocenters. The number of carbonyl (C=O) groups is 2. The molecule has 1 fully saturated rings. The van der Waals surface area contributed by atoms with Gasteiger partial charge in [0.1, 0.15) is 6.04 Å². The van der Waals surface area contributed by atoms with Crippen molar-refractivity contribution >= 4 is 11.9 Å². The number of amides is 3. The Morgan fingerprint density at radius 2 is 2.00 bits per heavy atom. The fourth-order valence-corrected chi connectivity index (χ4v) is 1.87. The van der Waals surface area contributed by atoms with Crippen LogP contribution in [0.25, 0.3) is 0 Å². The fourth-order valence-electron chi connectivity index (χ4n) is 1.87. The van der Waals surface area contributed by atoms with Crippen molar-refractivity contribution < 1.29 is 14.7 Å². The molecule has 0 aromatic carbocycles. The number of primary amides is 1. The Morgan fingerprint density at radius 3 is 2.56 bits per heavy atom.